The predicted molar refractivity (Wildman–Crippen MR) is 136 cm³/mol. The fourth-order valence-corrected chi connectivity index (χ4v) is 2.67. The van der Waals surface area contributed by atoms with E-state index in [0.717, 1.165) is 6.42 Å². The number of aliphatic hydroxyl groups is 1. The fourth-order valence-electron chi connectivity index (χ4n) is 2.67. The van der Waals surface area contributed by atoms with Crippen molar-refractivity contribution in [2.45, 2.75) is 82.8 Å². The number of ketones is 2. The van der Waals surface area contributed by atoms with Crippen molar-refractivity contribution in [3.8, 4) is 0 Å². The molecule has 1 saturated heterocycles. The lowest BCUT2D eigenvalue weighted by atomic mass is 9.84. The van der Waals surface area contributed by atoms with Gasteiger partial charge in [0, 0.05) is 65.1 Å². The molecule has 0 amide bonds. The van der Waals surface area contributed by atoms with Crippen LogP contribution in [-0.4, -0.2) is 77.1 Å². The van der Waals surface area contributed by atoms with Crippen molar-refractivity contribution in [1.82, 2.24) is 0 Å². The third kappa shape index (κ3) is 22.3. The minimum atomic E-state index is 0. The van der Waals surface area contributed by atoms with Crippen molar-refractivity contribution < 1.29 is 33.6 Å². The molecule has 0 aromatic carbocycles. The van der Waals surface area contributed by atoms with Crippen LogP contribution in [0.4, 0.5) is 0 Å². The zero-order chi connectivity index (χ0) is 21.9. The van der Waals surface area contributed by atoms with E-state index in [0.29, 0.717) is 39.3 Å². The molecular weight excluding hydrogens is 412 g/mol. The zero-order valence-corrected chi connectivity index (χ0v) is 18.9. The van der Waals surface area contributed by atoms with Gasteiger partial charge in [-0.25, -0.2) is 0 Å². The predicted octanol–water partition coefficient (Wildman–Crippen LogP) is 5.07. The molecule has 200 valence electrons. The summed E-state index contributed by atoms with van der Waals surface area (Å²) in [4.78, 5) is 19.6. The molecule has 7 heteroatoms. The highest BCUT2D eigenvalue weighted by Gasteiger charge is 2.40. The van der Waals surface area contributed by atoms with E-state index < -0.39 is 0 Å². The first-order valence-electron chi connectivity index (χ1n) is 10.0. The molecule has 1 aliphatic heterocycles. The zero-order valence-electron chi connectivity index (χ0n) is 18.9. The van der Waals surface area contributed by atoms with E-state index in [1.807, 2.05) is 13.8 Å². The fraction of sp³-hybridized carbons (Fsp3) is 0.920. The SMILES string of the molecule is C.C.C.C.CCC(C)=O.CCC(C)=O.COCCC(COC)C1OCC(CO)C1COC. The highest BCUT2D eigenvalue weighted by molar-refractivity contribution is 5.75. The molecule has 32 heavy (non-hydrogen) atoms. The molecule has 0 saturated carbocycles. The van der Waals surface area contributed by atoms with Crippen molar-refractivity contribution in [2.24, 2.45) is 17.8 Å². The van der Waals surface area contributed by atoms with Crippen LogP contribution < -0.4 is 0 Å². The van der Waals surface area contributed by atoms with Crippen LogP contribution in [-0.2, 0) is 28.5 Å². The molecular formula is C25H58O7. The van der Waals surface area contributed by atoms with E-state index >= 15 is 0 Å². The quantitative estimate of drug-likeness (QED) is 0.451. The van der Waals surface area contributed by atoms with Crippen LogP contribution in [0, 0.1) is 17.8 Å². The summed E-state index contributed by atoms with van der Waals surface area (Å²) in [5, 5.41) is 9.38. The normalized spacial score (nSPS) is 19.1. The number of Topliss-reactive ketones (excluding diaryl/α,β-unsaturated/α-hetero) is 2. The van der Waals surface area contributed by atoms with Gasteiger partial charge in [0.2, 0.25) is 0 Å². The highest BCUT2D eigenvalue weighted by atomic mass is 16.5. The number of aliphatic hydroxyl groups excluding tert-OH is 1. The van der Waals surface area contributed by atoms with Gasteiger partial charge >= 0.3 is 0 Å². The molecule has 1 fully saturated rings. The molecule has 1 rings (SSSR count). The Balaban J connectivity index is -0.000000103. The van der Waals surface area contributed by atoms with Crippen LogP contribution >= 0.6 is 0 Å². The summed E-state index contributed by atoms with van der Waals surface area (Å²) in [6, 6.07) is 0. The molecule has 0 aromatic heterocycles. The van der Waals surface area contributed by atoms with Gasteiger partial charge in [-0.05, 0) is 20.3 Å². The molecule has 1 aliphatic rings. The number of hydrogen-bond donors (Lipinski definition) is 1. The van der Waals surface area contributed by atoms with Gasteiger partial charge in [-0.15, -0.1) is 0 Å². The largest absolute Gasteiger partial charge is 0.396 e. The van der Waals surface area contributed by atoms with Crippen molar-refractivity contribution >= 4 is 11.6 Å². The Labute approximate surface area is 200 Å². The number of rotatable bonds is 11. The molecule has 0 aromatic rings. The monoisotopic (exact) mass is 470 g/mol. The third-order valence-corrected chi connectivity index (χ3v) is 4.66. The van der Waals surface area contributed by atoms with Crippen LogP contribution in [0.3, 0.4) is 0 Å². The van der Waals surface area contributed by atoms with Crippen molar-refractivity contribution in [3.05, 3.63) is 0 Å². The van der Waals surface area contributed by atoms with Crippen LogP contribution in [0.2, 0.25) is 0 Å². The Morgan fingerprint density at radius 2 is 1.41 bits per heavy atom. The topological polar surface area (TPSA) is 91.3 Å². The van der Waals surface area contributed by atoms with Gasteiger partial charge in [-0.2, -0.15) is 0 Å². The minimum absolute atomic E-state index is 0. The number of methoxy groups -OCH3 is 3. The standard InChI is InChI=1S/C13H26O5.2C4H8O.4CH4/c1-15-5-4-10(7-16-2)13-12(9-17-3)11(6-14)8-18-13;2*1-3-4(2)5;;;;/h10-14H,4-9H2,1-3H3;2*3H2,1-2H3;4*1H4. The average molecular weight is 471 g/mol. The molecule has 0 radical (unpaired) electrons. The molecule has 4 unspecified atom stereocenters. The molecule has 7 nitrogen and oxygen atoms in total. The first kappa shape index (κ1) is 44.8. The van der Waals surface area contributed by atoms with E-state index in [1.54, 1.807) is 35.2 Å². The molecule has 0 aliphatic carbocycles. The summed E-state index contributed by atoms with van der Waals surface area (Å²) in [5.74, 6) is 1.19. The van der Waals surface area contributed by atoms with Crippen LogP contribution in [0.15, 0.2) is 0 Å². The van der Waals surface area contributed by atoms with Crippen molar-refractivity contribution in [3.63, 3.8) is 0 Å². The summed E-state index contributed by atoms with van der Waals surface area (Å²) in [6.07, 6.45) is 2.31. The maximum absolute atomic E-state index is 9.81. The Hall–Kier alpha value is -0.860. The Bertz CT molecular complexity index is 374. The second-order valence-corrected chi connectivity index (χ2v) is 6.97. The molecule has 0 spiro atoms. The first-order chi connectivity index (χ1) is 13.3. The number of ether oxygens (including phenoxy) is 4. The van der Waals surface area contributed by atoms with Crippen LogP contribution in [0.5, 0.6) is 0 Å². The van der Waals surface area contributed by atoms with Crippen molar-refractivity contribution in [1.29, 1.82) is 0 Å². The van der Waals surface area contributed by atoms with E-state index in [4.69, 9.17) is 18.9 Å². The number of hydrogen-bond acceptors (Lipinski definition) is 7. The van der Waals surface area contributed by atoms with Gasteiger partial charge in [-0.3, -0.25) is 0 Å². The van der Waals surface area contributed by atoms with E-state index in [1.165, 1.54) is 0 Å². The van der Waals surface area contributed by atoms with Gasteiger partial charge < -0.3 is 33.6 Å². The molecule has 1 heterocycles. The number of carbonyl (C=O) groups is 2. The van der Waals surface area contributed by atoms with E-state index in [-0.39, 0.29) is 71.7 Å². The van der Waals surface area contributed by atoms with Crippen molar-refractivity contribution in [2.75, 3.05) is 54.4 Å². The van der Waals surface area contributed by atoms with Crippen LogP contribution in [0.25, 0.3) is 0 Å². The lowest BCUT2D eigenvalue weighted by molar-refractivity contribution is -0.117. The second-order valence-electron chi connectivity index (χ2n) is 6.97. The van der Waals surface area contributed by atoms with Gasteiger partial charge in [0.15, 0.2) is 0 Å². The summed E-state index contributed by atoms with van der Waals surface area (Å²) in [6.45, 7) is 9.56. The highest BCUT2D eigenvalue weighted by Crippen LogP contribution is 2.33. The second kappa shape index (κ2) is 30.1. The molecule has 0 bridgehead atoms. The average Bonchev–Trinajstić information content (AvgIpc) is 3.09. The lowest BCUT2D eigenvalue weighted by Gasteiger charge is -2.28. The Kier molecular flexibility index (Phi) is 42.2. The third-order valence-electron chi connectivity index (χ3n) is 4.66. The summed E-state index contributed by atoms with van der Waals surface area (Å²) in [5.41, 5.74) is 0. The Morgan fingerprint density at radius 1 is 0.938 bits per heavy atom. The first-order valence-corrected chi connectivity index (χ1v) is 10.0. The summed E-state index contributed by atoms with van der Waals surface area (Å²) in [7, 11) is 5.08. The smallest absolute Gasteiger partial charge is 0.129 e. The summed E-state index contributed by atoms with van der Waals surface area (Å²) >= 11 is 0. The lowest BCUT2D eigenvalue weighted by Crippen LogP contribution is -2.35. The molecule has 4 atom stereocenters. The van der Waals surface area contributed by atoms with Gasteiger partial charge in [0.05, 0.1) is 25.9 Å². The van der Waals surface area contributed by atoms with Gasteiger partial charge in [0.1, 0.15) is 11.6 Å². The Morgan fingerprint density at radius 3 is 1.72 bits per heavy atom. The maximum atomic E-state index is 9.81. The van der Waals surface area contributed by atoms with E-state index in [9.17, 15) is 14.7 Å². The minimum Gasteiger partial charge on any atom is -0.396 e. The van der Waals surface area contributed by atoms with Gasteiger partial charge in [0.25, 0.3) is 0 Å². The summed E-state index contributed by atoms with van der Waals surface area (Å²) < 4.78 is 21.5. The van der Waals surface area contributed by atoms with Crippen LogP contribution in [0.1, 0.15) is 76.7 Å². The van der Waals surface area contributed by atoms with Gasteiger partial charge in [-0.1, -0.05) is 43.6 Å². The maximum Gasteiger partial charge on any atom is 0.129 e. The molecule has 1 N–H and O–H groups in total. The van der Waals surface area contributed by atoms with E-state index in [2.05, 4.69) is 0 Å². The number of carbonyl (C=O) groups excluding carboxylic acids is 2.